The van der Waals surface area contributed by atoms with Crippen LogP contribution in [0.1, 0.15) is 46.1 Å². The molecule has 1 aromatic carbocycles. The Kier molecular flexibility index (Phi) is 5.40. The van der Waals surface area contributed by atoms with Gasteiger partial charge in [0.25, 0.3) is 5.91 Å². The van der Waals surface area contributed by atoms with Gasteiger partial charge in [-0.25, -0.2) is 0 Å². The van der Waals surface area contributed by atoms with E-state index in [-0.39, 0.29) is 18.4 Å². The third kappa shape index (κ3) is 3.95. The smallest absolute Gasteiger partial charge is 0.257 e. The van der Waals surface area contributed by atoms with E-state index in [0.29, 0.717) is 25.2 Å². The summed E-state index contributed by atoms with van der Waals surface area (Å²) >= 11 is 0. The molecular formula is C20H26N4O2. The number of nitrogens with one attached hydrogen (secondary N) is 1. The molecule has 0 saturated carbocycles. The van der Waals surface area contributed by atoms with Crippen LogP contribution in [0.15, 0.2) is 24.4 Å². The lowest BCUT2D eigenvalue weighted by Crippen LogP contribution is -2.51. The first-order chi connectivity index (χ1) is 12.5. The number of hydrogen-bond acceptors (Lipinski definition) is 3. The maximum atomic E-state index is 12.8. The Morgan fingerprint density at radius 2 is 1.92 bits per heavy atom. The molecule has 6 nitrogen and oxygen atoms in total. The molecule has 2 aromatic rings. The molecule has 138 valence electrons. The molecule has 0 spiro atoms. The van der Waals surface area contributed by atoms with E-state index in [0.717, 1.165) is 24.1 Å². The van der Waals surface area contributed by atoms with Crippen LogP contribution in [-0.4, -0.2) is 51.4 Å². The van der Waals surface area contributed by atoms with Crippen molar-refractivity contribution in [3.63, 3.8) is 0 Å². The Morgan fingerprint density at radius 3 is 2.58 bits per heavy atom. The Morgan fingerprint density at radius 1 is 1.19 bits per heavy atom. The monoisotopic (exact) mass is 354 g/mol. The van der Waals surface area contributed by atoms with Crippen molar-refractivity contribution in [2.24, 2.45) is 0 Å². The van der Waals surface area contributed by atoms with E-state index in [4.69, 9.17) is 0 Å². The highest BCUT2D eigenvalue weighted by atomic mass is 16.2. The van der Waals surface area contributed by atoms with Crippen LogP contribution in [0.5, 0.6) is 0 Å². The number of piperazine rings is 1. The normalized spacial score (nSPS) is 14.8. The number of carbonyl (C=O) groups excluding carboxylic acids is 2. The molecule has 0 bridgehead atoms. The average molecular weight is 354 g/mol. The second-order valence-corrected chi connectivity index (χ2v) is 7.05. The predicted octanol–water partition coefficient (Wildman–Crippen LogP) is 2.46. The summed E-state index contributed by atoms with van der Waals surface area (Å²) in [5, 5.41) is 6.89. The molecule has 0 radical (unpaired) electrons. The molecule has 1 saturated heterocycles. The van der Waals surface area contributed by atoms with Gasteiger partial charge in [0, 0.05) is 25.3 Å². The number of aromatic amines is 1. The summed E-state index contributed by atoms with van der Waals surface area (Å²) in [5.41, 5.74) is 4.97. The molecule has 1 N–H and O–H groups in total. The van der Waals surface area contributed by atoms with Gasteiger partial charge in [0.2, 0.25) is 5.91 Å². The van der Waals surface area contributed by atoms with Gasteiger partial charge >= 0.3 is 0 Å². The fourth-order valence-electron chi connectivity index (χ4n) is 3.54. The molecule has 1 aromatic heterocycles. The number of aryl methyl sites for hydroxylation is 3. The van der Waals surface area contributed by atoms with Crippen molar-refractivity contribution in [2.45, 2.75) is 40.2 Å². The zero-order valence-corrected chi connectivity index (χ0v) is 15.7. The van der Waals surface area contributed by atoms with Gasteiger partial charge in [0.1, 0.15) is 6.54 Å². The van der Waals surface area contributed by atoms with E-state index in [1.54, 1.807) is 11.1 Å². The van der Waals surface area contributed by atoms with Gasteiger partial charge in [-0.3, -0.25) is 14.7 Å². The fraction of sp³-hybridized carbons (Fsp3) is 0.450. The van der Waals surface area contributed by atoms with E-state index in [1.165, 1.54) is 11.1 Å². The molecule has 0 unspecified atom stereocenters. The van der Waals surface area contributed by atoms with Crippen LogP contribution in [-0.2, 0) is 17.8 Å². The predicted molar refractivity (Wildman–Crippen MR) is 99.8 cm³/mol. The summed E-state index contributed by atoms with van der Waals surface area (Å²) in [6, 6.07) is 6.35. The van der Waals surface area contributed by atoms with Crippen molar-refractivity contribution >= 4 is 11.8 Å². The zero-order valence-electron chi connectivity index (χ0n) is 15.7. The van der Waals surface area contributed by atoms with Gasteiger partial charge in [-0.05, 0) is 25.8 Å². The van der Waals surface area contributed by atoms with Gasteiger partial charge in [-0.15, -0.1) is 0 Å². The summed E-state index contributed by atoms with van der Waals surface area (Å²) in [5.74, 6) is -0.120. The van der Waals surface area contributed by atoms with Crippen molar-refractivity contribution < 1.29 is 9.59 Å². The van der Waals surface area contributed by atoms with Crippen LogP contribution >= 0.6 is 0 Å². The first kappa shape index (κ1) is 18.2. The lowest BCUT2D eigenvalue weighted by molar-refractivity contribution is -0.135. The van der Waals surface area contributed by atoms with Gasteiger partial charge in [0.05, 0.1) is 11.8 Å². The molecule has 0 atom stereocenters. The molecule has 2 heterocycles. The van der Waals surface area contributed by atoms with Crippen molar-refractivity contribution in [1.82, 2.24) is 20.0 Å². The first-order valence-corrected chi connectivity index (χ1v) is 9.14. The maximum Gasteiger partial charge on any atom is 0.257 e. The number of aromatic nitrogens is 2. The molecule has 2 amide bonds. The Labute approximate surface area is 154 Å². The highest BCUT2D eigenvalue weighted by Crippen LogP contribution is 2.16. The number of benzene rings is 1. The minimum atomic E-state index is -0.110. The molecule has 1 fully saturated rings. The maximum absolute atomic E-state index is 12.8. The van der Waals surface area contributed by atoms with E-state index in [1.807, 2.05) is 4.90 Å². The van der Waals surface area contributed by atoms with Crippen LogP contribution in [0.25, 0.3) is 0 Å². The second kappa shape index (κ2) is 7.72. The number of nitrogens with zero attached hydrogens (tertiary/aromatic N) is 3. The SMILES string of the molecule is CCCc1[nH]ncc1C(=O)N1CCN(Cc2cc(C)cc(C)c2)C(=O)C1. The Bertz CT molecular complexity index is 792. The molecular weight excluding hydrogens is 328 g/mol. The molecule has 0 aliphatic carbocycles. The summed E-state index contributed by atoms with van der Waals surface area (Å²) in [4.78, 5) is 28.8. The van der Waals surface area contributed by atoms with Crippen LogP contribution in [0.3, 0.4) is 0 Å². The Hall–Kier alpha value is -2.63. The van der Waals surface area contributed by atoms with Crippen molar-refractivity contribution in [1.29, 1.82) is 0 Å². The van der Waals surface area contributed by atoms with Crippen LogP contribution < -0.4 is 0 Å². The molecule has 3 rings (SSSR count). The van der Waals surface area contributed by atoms with E-state index < -0.39 is 0 Å². The topological polar surface area (TPSA) is 69.3 Å². The quantitative estimate of drug-likeness (QED) is 0.897. The van der Waals surface area contributed by atoms with Crippen molar-refractivity contribution in [3.05, 3.63) is 52.3 Å². The van der Waals surface area contributed by atoms with Gasteiger partial charge < -0.3 is 9.80 Å². The minimum Gasteiger partial charge on any atom is -0.335 e. The third-order valence-electron chi connectivity index (χ3n) is 4.71. The van der Waals surface area contributed by atoms with Crippen LogP contribution in [0.4, 0.5) is 0 Å². The average Bonchev–Trinajstić information content (AvgIpc) is 3.04. The largest absolute Gasteiger partial charge is 0.335 e. The van der Waals surface area contributed by atoms with E-state index >= 15 is 0 Å². The molecule has 1 aliphatic heterocycles. The summed E-state index contributed by atoms with van der Waals surface area (Å²) in [6.07, 6.45) is 3.28. The third-order valence-corrected chi connectivity index (χ3v) is 4.71. The molecule has 6 heteroatoms. The van der Waals surface area contributed by atoms with Crippen molar-refractivity contribution in [2.75, 3.05) is 19.6 Å². The lowest BCUT2D eigenvalue weighted by atomic mass is 10.1. The van der Waals surface area contributed by atoms with Gasteiger partial charge in [0.15, 0.2) is 0 Å². The summed E-state index contributed by atoms with van der Waals surface area (Å²) in [7, 11) is 0. The zero-order chi connectivity index (χ0) is 18.7. The fourth-order valence-corrected chi connectivity index (χ4v) is 3.54. The lowest BCUT2D eigenvalue weighted by Gasteiger charge is -2.34. The number of amides is 2. The van der Waals surface area contributed by atoms with E-state index in [2.05, 4.69) is 49.2 Å². The van der Waals surface area contributed by atoms with Gasteiger partial charge in [-0.2, -0.15) is 5.10 Å². The highest BCUT2D eigenvalue weighted by Gasteiger charge is 2.29. The summed E-state index contributed by atoms with van der Waals surface area (Å²) in [6.45, 7) is 8.01. The second-order valence-electron chi connectivity index (χ2n) is 7.05. The summed E-state index contributed by atoms with van der Waals surface area (Å²) < 4.78 is 0. The number of rotatable bonds is 5. The van der Waals surface area contributed by atoms with Crippen molar-refractivity contribution in [3.8, 4) is 0 Å². The number of H-pyrrole nitrogens is 1. The van der Waals surface area contributed by atoms with Gasteiger partial charge in [-0.1, -0.05) is 42.7 Å². The first-order valence-electron chi connectivity index (χ1n) is 9.14. The van der Waals surface area contributed by atoms with E-state index in [9.17, 15) is 9.59 Å². The van der Waals surface area contributed by atoms with Crippen LogP contribution in [0.2, 0.25) is 0 Å². The number of carbonyl (C=O) groups is 2. The van der Waals surface area contributed by atoms with Crippen LogP contribution in [0, 0.1) is 13.8 Å². The molecule has 1 aliphatic rings. The molecule has 26 heavy (non-hydrogen) atoms. The standard InChI is InChI=1S/C20H26N4O2/c1-4-5-18-17(11-21-22-18)20(26)24-7-6-23(19(25)13-24)12-16-9-14(2)8-15(3)10-16/h8-11H,4-7,12-13H2,1-3H3,(H,21,22). The highest BCUT2D eigenvalue weighted by molar-refractivity contribution is 5.97. The Balaban J connectivity index is 1.65. The minimum absolute atomic E-state index is 0.00991. The number of hydrogen-bond donors (Lipinski definition) is 1.